The molecule has 158 valence electrons. The lowest BCUT2D eigenvalue weighted by atomic mass is 9.76. The quantitative estimate of drug-likeness (QED) is 0.699. The van der Waals surface area contributed by atoms with Crippen molar-refractivity contribution in [1.82, 2.24) is 29.8 Å². The van der Waals surface area contributed by atoms with Gasteiger partial charge in [-0.1, -0.05) is 0 Å². The second kappa shape index (κ2) is 8.02. The summed E-state index contributed by atoms with van der Waals surface area (Å²) in [7, 11) is 0. The molecule has 0 radical (unpaired) electrons. The Morgan fingerprint density at radius 1 is 1.03 bits per heavy atom. The molecule has 0 spiro atoms. The van der Waals surface area contributed by atoms with E-state index in [1.807, 2.05) is 24.8 Å². The molecule has 3 atom stereocenters. The van der Waals surface area contributed by atoms with Gasteiger partial charge in [0, 0.05) is 31.2 Å². The Balaban J connectivity index is 1.44. The molecule has 3 aromatic rings. The monoisotopic (exact) mass is 415 g/mol. The highest BCUT2D eigenvalue weighted by molar-refractivity contribution is 5.99. The normalized spacial score (nSPS) is 22.4. The number of hydrogen-bond donors (Lipinski definition) is 1. The first-order chi connectivity index (χ1) is 15.1. The maximum atomic E-state index is 13.8. The Bertz CT molecular complexity index is 1090. The zero-order valence-electron chi connectivity index (χ0n) is 17.7. The molecule has 1 amide bonds. The number of pyridine rings is 1. The van der Waals surface area contributed by atoms with E-state index in [0.29, 0.717) is 23.0 Å². The van der Waals surface area contributed by atoms with Gasteiger partial charge in [0.05, 0.1) is 29.7 Å². The van der Waals surface area contributed by atoms with Crippen LogP contribution in [0.3, 0.4) is 0 Å². The zero-order valence-corrected chi connectivity index (χ0v) is 17.7. The van der Waals surface area contributed by atoms with E-state index in [-0.39, 0.29) is 18.0 Å². The highest BCUT2D eigenvalue weighted by Crippen LogP contribution is 2.38. The Labute approximate surface area is 181 Å². The van der Waals surface area contributed by atoms with Gasteiger partial charge in [0.1, 0.15) is 11.5 Å². The molecular formula is C23H25N7O. The average Bonchev–Trinajstić information content (AvgIpc) is 2.81. The van der Waals surface area contributed by atoms with E-state index >= 15 is 0 Å². The van der Waals surface area contributed by atoms with Crippen LogP contribution >= 0.6 is 0 Å². The molecule has 1 aliphatic carbocycles. The number of piperidine rings is 2. The van der Waals surface area contributed by atoms with Gasteiger partial charge in [-0.2, -0.15) is 0 Å². The van der Waals surface area contributed by atoms with E-state index in [2.05, 4.69) is 30.2 Å². The van der Waals surface area contributed by atoms with Gasteiger partial charge in [-0.05, 0) is 56.7 Å². The summed E-state index contributed by atoms with van der Waals surface area (Å²) in [5.74, 6) is 1.69. The van der Waals surface area contributed by atoms with Crippen molar-refractivity contribution in [3.05, 3.63) is 59.9 Å². The molecule has 2 bridgehead atoms. The van der Waals surface area contributed by atoms with Crippen molar-refractivity contribution in [3.8, 4) is 11.5 Å². The third kappa shape index (κ3) is 3.85. The topological polar surface area (TPSA) is 96.8 Å². The van der Waals surface area contributed by atoms with Crippen molar-refractivity contribution < 1.29 is 4.79 Å². The Hall–Kier alpha value is -3.42. The van der Waals surface area contributed by atoms with E-state index in [0.717, 1.165) is 42.9 Å². The van der Waals surface area contributed by atoms with E-state index in [1.54, 1.807) is 37.1 Å². The summed E-state index contributed by atoms with van der Waals surface area (Å²) in [6.07, 6.45) is 11.8. The lowest BCUT2D eigenvalue weighted by Crippen LogP contribution is -2.59. The van der Waals surface area contributed by atoms with Crippen molar-refractivity contribution in [2.45, 2.75) is 45.2 Å². The van der Waals surface area contributed by atoms with Gasteiger partial charge in [-0.3, -0.25) is 14.8 Å². The lowest BCUT2D eigenvalue weighted by Gasteiger charge is -2.50. The summed E-state index contributed by atoms with van der Waals surface area (Å²) in [4.78, 5) is 37.7. The Morgan fingerprint density at radius 2 is 1.87 bits per heavy atom. The van der Waals surface area contributed by atoms with Crippen LogP contribution in [0.4, 0.5) is 5.82 Å². The van der Waals surface area contributed by atoms with E-state index in [1.165, 1.54) is 0 Å². The second-order valence-electron chi connectivity index (χ2n) is 8.48. The van der Waals surface area contributed by atoms with Crippen molar-refractivity contribution in [3.63, 3.8) is 0 Å². The molecular weight excluding hydrogens is 390 g/mol. The molecule has 0 aromatic carbocycles. The van der Waals surface area contributed by atoms with Gasteiger partial charge in [-0.25, -0.2) is 15.0 Å². The summed E-state index contributed by atoms with van der Waals surface area (Å²) in [5.41, 5.74) is 2.92. The van der Waals surface area contributed by atoms with Crippen molar-refractivity contribution in [1.29, 1.82) is 0 Å². The summed E-state index contributed by atoms with van der Waals surface area (Å²) >= 11 is 0. The standard InChI is InChI=1S/C23H25N7O/c1-14-8-17(21(28-10-14)22-24-6-3-7-25-22)23(31)30-13-16-4-5-19(30)18(9-16)29-20-12-26-15(2)11-27-20/h3,6-8,10-12,16,18-19H,4-5,9,13H2,1-2H3,(H,27,29). The molecule has 3 fully saturated rings. The first-order valence-electron chi connectivity index (χ1n) is 10.7. The third-order valence-electron chi connectivity index (χ3n) is 6.19. The van der Waals surface area contributed by atoms with Crippen LogP contribution in [0, 0.1) is 19.8 Å². The molecule has 2 saturated heterocycles. The first-order valence-corrected chi connectivity index (χ1v) is 10.7. The lowest BCUT2D eigenvalue weighted by molar-refractivity contribution is 0.0282. The molecule has 3 aromatic heterocycles. The van der Waals surface area contributed by atoms with Gasteiger partial charge in [0.25, 0.3) is 5.91 Å². The highest BCUT2D eigenvalue weighted by Gasteiger charge is 2.43. The van der Waals surface area contributed by atoms with Crippen LogP contribution in [-0.4, -0.2) is 54.4 Å². The molecule has 8 nitrogen and oxygen atoms in total. The Kier molecular flexibility index (Phi) is 5.05. The van der Waals surface area contributed by atoms with Crippen LogP contribution in [0.1, 0.15) is 40.9 Å². The van der Waals surface area contributed by atoms with E-state index in [9.17, 15) is 4.79 Å². The number of amides is 1. The fourth-order valence-corrected chi connectivity index (χ4v) is 4.73. The van der Waals surface area contributed by atoms with Crippen LogP contribution in [0.25, 0.3) is 11.5 Å². The summed E-state index contributed by atoms with van der Waals surface area (Å²) < 4.78 is 0. The molecule has 3 aliphatic rings. The molecule has 2 aliphatic heterocycles. The first kappa shape index (κ1) is 19.5. The fraction of sp³-hybridized carbons (Fsp3) is 0.391. The average molecular weight is 416 g/mol. The van der Waals surface area contributed by atoms with Gasteiger partial charge in [0.15, 0.2) is 5.82 Å². The molecule has 1 saturated carbocycles. The molecule has 1 N–H and O–H groups in total. The third-order valence-corrected chi connectivity index (χ3v) is 6.19. The maximum absolute atomic E-state index is 13.8. The molecule has 31 heavy (non-hydrogen) atoms. The SMILES string of the molecule is Cc1cnc(-c2ncccn2)c(C(=O)N2CC3CCC2C(Nc2cnc(C)cn2)C3)c1. The van der Waals surface area contributed by atoms with Gasteiger partial charge < -0.3 is 10.2 Å². The number of fused-ring (bicyclic) bond motifs is 3. The summed E-state index contributed by atoms with van der Waals surface area (Å²) in [6.45, 7) is 4.64. The molecule has 8 heteroatoms. The second-order valence-corrected chi connectivity index (χ2v) is 8.48. The van der Waals surface area contributed by atoms with Gasteiger partial charge >= 0.3 is 0 Å². The minimum absolute atomic E-state index is 0.00477. The van der Waals surface area contributed by atoms with E-state index < -0.39 is 0 Å². The van der Waals surface area contributed by atoms with Crippen LogP contribution in [0.15, 0.2) is 43.1 Å². The number of carbonyl (C=O) groups excluding carboxylic acids is 1. The zero-order chi connectivity index (χ0) is 21.4. The number of nitrogens with zero attached hydrogens (tertiary/aromatic N) is 6. The van der Waals surface area contributed by atoms with Gasteiger partial charge in [-0.15, -0.1) is 0 Å². The number of aromatic nitrogens is 5. The van der Waals surface area contributed by atoms with Crippen molar-refractivity contribution in [2.75, 3.05) is 11.9 Å². The summed E-state index contributed by atoms with van der Waals surface area (Å²) in [6, 6.07) is 3.91. The molecule has 5 heterocycles. The predicted molar refractivity (Wildman–Crippen MR) is 116 cm³/mol. The number of nitrogens with one attached hydrogen (secondary N) is 1. The minimum Gasteiger partial charge on any atom is -0.364 e. The summed E-state index contributed by atoms with van der Waals surface area (Å²) in [5, 5.41) is 3.53. The van der Waals surface area contributed by atoms with Crippen molar-refractivity contribution >= 4 is 11.7 Å². The number of carbonyl (C=O) groups is 1. The number of rotatable bonds is 4. The van der Waals surface area contributed by atoms with Crippen LogP contribution in [0.2, 0.25) is 0 Å². The maximum Gasteiger partial charge on any atom is 0.256 e. The van der Waals surface area contributed by atoms with Crippen molar-refractivity contribution in [2.24, 2.45) is 5.92 Å². The smallest absolute Gasteiger partial charge is 0.256 e. The number of hydrogen-bond acceptors (Lipinski definition) is 7. The molecule has 3 unspecified atom stereocenters. The highest BCUT2D eigenvalue weighted by atomic mass is 16.2. The minimum atomic E-state index is -0.00477. The van der Waals surface area contributed by atoms with Crippen LogP contribution in [-0.2, 0) is 0 Å². The van der Waals surface area contributed by atoms with E-state index in [4.69, 9.17) is 0 Å². The predicted octanol–water partition coefficient (Wildman–Crippen LogP) is 3.05. The largest absolute Gasteiger partial charge is 0.364 e. The number of anilines is 1. The van der Waals surface area contributed by atoms with Crippen LogP contribution in [0.5, 0.6) is 0 Å². The molecule has 6 rings (SSSR count). The van der Waals surface area contributed by atoms with Crippen LogP contribution < -0.4 is 5.32 Å². The number of aryl methyl sites for hydroxylation is 2. The van der Waals surface area contributed by atoms with Gasteiger partial charge in [0.2, 0.25) is 0 Å². The fourth-order valence-electron chi connectivity index (χ4n) is 4.73. The Morgan fingerprint density at radius 3 is 2.61 bits per heavy atom.